The first kappa shape index (κ1) is 15.3. The van der Waals surface area contributed by atoms with Crippen molar-refractivity contribution in [2.45, 2.75) is 58.0 Å². The van der Waals surface area contributed by atoms with E-state index in [-0.39, 0.29) is 6.04 Å². The number of nitrogens with one attached hydrogen (secondary N) is 1. The molecule has 1 N–H and O–H groups in total. The van der Waals surface area contributed by atoms with E-state index in [4.69, 9.17) is 0 Å². The number of hydrogen-bond acceptors (Lipinski definition) is 3. The third kappa shape index (κ3) is 2.98. The van der Waals surface area contributed by atoms with Crippen LogP contribution in [0, 0.1) is 11.8 Å². The van der Waals surface area contributed by atoms with Gasteiger partial charge in [0.1, 0.15) is 0 Å². The van der Waals surface area contributed by atoms with Gasteiger partial charge in [-0.15, -0.1) is 0 Å². The number of carbonyl (C=O) groups excluding carboxylic acids is 1. The lowest BCUT2D eigenvalue weighted by Gasteiger charge is -2.34. The van der Waals surface area contributed by atoms with Gasteiger partial charge < -0.3 is 10.2 Å². The molecule has 0 aromatic heterocycles. The number of rotatable bonds is 3. The second-order valence-corrected chi connectivity index (χ2v) is 7.17. The van der Waals surface area contributed by atoms with Crippen molar-refractivity contribution in [3.8, 4) is 0 Å². The quantitative estimate of drug-likeness (QED) is 0.860. The highest BCUT2D eigenvalue weighted by atomic mass is 16.2. The summed E-state index contributed by atoms with van der Waals surface area (Å²) >= 11 is 0. The molecule has 0 aromatic carbocycles. The van der Waals surface area contributed by atoms with Gasteiger partial charge in [-0.05, 0) is 51.1 Å². The van der Waals surface area contributed by atoms with Gasteiger partial charge >= 0.3 is 0 Å². The molecular weight excluding hydrogens is 262 g/mol. The predicted molar refractivity (Wildman–Crippen MR) is 85.1 cm³/mol. The fourth-order valence-electron chi connectivity index (χ4n) is 4.74. The van der Waals surface area contributed by atoms with Crippen LogP contribution in [0.2, 0.25) is 0 Å². The summed E-state index contributed by atoms with van der Waals surface area (Å²) in [5.74, 6) is 1.90. The number of amides is 1. The molecule has 4 unspecified atom stereocenters. The summed E-state index contributed by atoms with van der Waals surface area (Å²) in [6.45, 7) is 9.76. The lowest BCUT2D eigenvalue weighted by molar-refractivity contribution is -0.137. The summed E-state index contributed by atoms with van der Waals surface area (Å²) in [6, 6.07) is 0.662. The average molecular weight is 293 g/mol. The monoisotopic (exact) mass is 293 g/mol. The van der Waals surface area contributed by atoms with E-state index in [1.165, 1.54) is 32.1 Å². The Morgan fingerprint density at radius 2 is 1.90 bits per heavy atom. The van der Waals surface area contributed by atoms with E-state index in [1.54, 1.807) is 0 Å². The van der Waals surface area contributed by atoms with Crippen molar-refractivity contribution >= 4 is 5.91 Å². The first-order valence-electron chi connectivity index (χ1n) is 8.97. The van der Waals surface area contributed by atoms with Gasteiger partial charge in [-0.1, -0.05) is 19.8 Å². The molecule has 0 saturated carbocycles. The zero-order valence-corrected chi connectivity index (χ0v) is 13.7. The van der Waals surface area contributed by atoms with Crippen LogP contribution in [0.1, 0.15) is 46.0 Å². The summed E-state index contributed by atoms with van der Waals surface area (Å²) in [5.41, 5.74) is 0. The normalized spacial score (nSPS) is 35.5. The van der Waals surface area contributed by atoms with Gasteiger partial charge in [0, 0.05) is 25.7 Å². The van der Waals surface area contributed by atoms with Crippen molar-refractivity contribution < 1.29 is 4.79 Å². The number of likely N-dealkylation sites (tertiary alicyclic amines) is 2. The molecule has 3 rings (SSSR count). The Balaban J connectivity index is 1.66. The highest BCUT2D eigenvalue weighted by Crippen LogP contribution is 2.35. The van der Waals surface area contributed by atoms with Crippen molar-refractivity contribution in [2.75, 3.05) is 32.7 Å². The van der Waals surface area contributed by atoms with Crippen LogP contribution in [0.25, 0.3) is 0 Å². The summed E-state index contributed by atoms with van der Waals surface area (Å²) in [4.78, 5) is 17.5. The minimum atomic E-state index is 0.0682. The molecule has 3 aliphatic heterocycles. The molecule has 4 atom stereocenters. The molecule has 120 valence electrons. The molecular formula is C17H31N3O. The van der Waals surface area contributed by atoms with E-state index in [0.29, 0.717) is 11.9 Å². The number of carbonyl (C=O) groups is 1. The first-order valence-corrected chi connectivity index (χ1v) is 8.97. The summed E-state index contributed by atoms with van der Waals surface area (Å²) in [7, 11) is 0. The Bertz CT molecular complexity index is 365. The second-order valence-electron chi connectivity index (χ2n) is 7.17. The largest absolute Gasteiger partial charge is 0.341 e. The van der Waals surface area contributed by atoms with E-state index < -0.39 is 0 Å². The van der Waals surface area contributed by atoms with Crippen LogP contribution in [0.3, 0.4) is 0 Å². The molecule has 4 heteroatoms. The maximum absolute atomic E-state index is 12.9. The Morgan fingerprint density at radius 3 is 2.57 bits per heavy atom. The molecule has 3 heterocycles. The number of fused-ring (bicyclic) bond motifs is 1. The second kappa shape index (κ2) is 6.66. The topological polar surface area (TPSA) is 35.6 Å². The molecule has 0 spiro atoms. The first-order chi connectivity index (χ1) is 10.2. The molecule has 0 aliphatic carbocycles. The molecule has 21 heavy (non-hydrogen) atoms. The Morgan fingerprint density at radius 1 is 1.19 bits per heavy atom. The maximum Gasteiger partial charge on any atom is 0.239 e. The summed E-state index contributed by atoms with van der Waals surface area (Å²) < 4.78 is 0. The molecule has 0 radical (unpaired) electrons. The highest BCUT2D eigenvalue weighted by molar-refractivity contribution is 5.81. The zero-order valence-electron chi connectivity index (χ0n) is 13.7. The Kier molecular flexibility index (Phi) is 4.85. The van der Waals surface area contributed by atoms with Crippen LogP contribution in [0.15, 0.2) is 0 Å². The fraction of sp³-hybridized carbons (Fsp3) is 0.941. The van der Waals surface area contributed by atoms with Crippen LogP contribution < -0.4 is 5.32 Å². The molecule has 3 aliphatic rings. The van der Waals surface area contributed by atoms with Crippen molar-refractivity contribution in [1.82, 2.24) is 15.1 Å². The zero-order chi connectivity index (χ0) is 14.8. The average Bonchev–Trinajstić information content (AvgIpc) is 2.96. The lowest BCUT2D eigenvalue weighted by atomic mass is 9.92. The van der Waals surface area contributed by atoms with Gasteiger partial charge in [0.05, 0.1) is 6.04 Å². The summed E-state index contributed by atoms with van der Waals surface area (Å²) in [5, 5.41) is 3.53. The third-order valence-corrected chi connectivity index (χ3v) is 5.95. The fourth-order valence-corrected chi connectivity index (χ4v) is 4.74. The van der Waals surface area contributed by atoms with Gasteiger partial charge in [0.15, 0.2) is 0 Å². The van der Waals surface area contributed by atoms with Gasteiger partial charge in [-0.25, -0.2) is 0 Å². The molecule has 4 nitrogen and oxygen atoms in total. The molecule has 3 saturated heterocycles. The lowest BCUT2D eigenvalue weighted by Crippen LogP contribution is -2.50. The SMILES string of the molecule is CCC1C2CNCC2CN1C(C)C(=O)N1CCCCCC1. The smallest absolute Gasteiger partial charge is 0.239 e. The van der Waals surface area contributed by atoms with Crippen LogP contribution in [-0.2, 0) is 4.79 Å². The van der Waals surface area contributed by atoms with Crippen molar-refractivity contribution in [3.63, 3.8) is 0 Å². The Labute approximate surface area is 129 Å². The van der Waals surface area contributed by atoms with E-state index >= 15 is 0 Å². The molecule has 3 fully saturated rings. The minimum Gasteiger partial charge on any atom is -0.341 e. The predicted octanol–water partition coefficient (Wildman–Crippen LogP) is 1.71. The summed E-state index contributed by atoms with van der Waals surface area (Å²) in [6.07, 6.45) is 6.11. The highest BCUT2D eigenvalue weighted by Gasteiger charge is 2.46. The molecule has 0 bridgehead atoms. The van der Waals surface area contributed by atoms with Crippen molar-refractivity contribution in [1.29, 1.82) is 0 Å². The van der Waals surface area contributed by atoms with Crippen LogP contribution in [0.4, 0.5) is 0 Å². The van der Waals surface area contributed by atoms with Gasteiger partial charge in [-0.3, -0.25) is 9.69 Å². The van der Waals surface area contributed by atoms with Crippen LogP contribution in [-0.4, -0.2) is 60.5 Å². The van der Waals surface area contributed by atoms with Crippen molar-refractivity contribution in [3.05, 3.63) is 0 Å². The van der Waals surface area contributed by atoms with Crippen LogP contribution in [0.5, 0.6) is 0 Å². The third-order valence-electron chi connectivity index (χ3n) is 5.95. The van der Waals surface area contributed by atoms with Gasteiger partial charge in [-0.2, -0.15) is 0 Å². The van der Waals surface area contributed by atoms with E-state index in [0.717, 1.165) is 44.6 Å². The number of hydrogen-bond donors (Lipinski definition) is 1. The molecule has 0 aromatic rings. The maximum atomic E-state index is 12.9. The minimum absolute atomic E-state index is 0.0682. The van der Waals surface area contributed by atoms with E-state index in [2.05, 4.69) is 29.0 Å². The molecule has 1 amide bonds. The standard InChI is InChI=1S/C17H31N3O/c1-3-16-15-11-18-10-14(15)12-20(16)13(2)17(21)19-8-6-4-5-7-9-19/h13-16,18H,3-12H2,1-2H3. The Hall–Kier alpha value is -0.610. The van der Waals surface area contributed by atoms with E-state index in [9.17, 15) is 4.79 Å². The van der Waals surface area contributed by atoms with Gasteiger partial charge in [0.2, 0.25) is 5.91 Å². The van der Waals surface area contributed by atoms with Gasteiger partial charge in [0.25, 0.3) is 0 Å². The van der Waals surface area contributed by atoms with Crippen molar-refractivity contribution in [2.24, 2.45) is 11.8 Å². The van der Waals surface area contributed by atoms with Crippen LogP contribution >= 0.6 is 0 Å². The van der Waals surface area contributed by atoms with E-state index in [1.807, 2.05) is 0 Å². The number of nitrogens with zero attached hydrogens (tertiary/aromatic N) is 2.